The van der Waals surface area contributed by atoms with Crippen molar-refractivity contribution in [2.45, 2.75) is 25.7 Å². The number of rotatable bonds is 4. The highest BCUT2D eigenvalue weighted by atomic mass is 16.5. The Hall–Kier alpha value is -3.42. The molecule has 3 N–H and O–H groups in total. The van der Waals surface area contributed by atoms with Gasteiger partial charge in [0.05, 0.1) is 5.57 Å². The fourth-order valence-corrected chi connectivity index (χ4v) is 3.56. The summed E-state index contributed by atoms with van der Waals surface area (Å²) in [5.41, 5.74) is 1.76. The number of carbonyl (C=O) groups excluding carboxylic acids is 1. The van der Waals surface area contributed by atoms with E-state index in [4.69, 9.17) is 9.93 Å². The molecule has 28 heavy (non-hydrogen) atoms. The number of para-hydroxylation sites is 1. The first-order chi connectivity index (χ1) is 13.6. The summed E-state index contributed by atoms with van der Waals surface area (Å²) in [6.45, 7) is 2.41. The molecule has 0 aliphatic carbocycles. The standard InChI is InChI=1S/C20H21N5O3/c1-12(26)15(10-21)20(27)25-8-4-6-14(11-25)18-23-19(28-24-18)17-9-13-5-2-3-7-16(13)22-17/h2-3,5,7,9-10,14,21-22,26H,4,6,8,11H2,1H3/b15-12+,21-10?. The normalized spacial score (nSPS) is 18.2. The molecule has 8 heteroatoms. The number of nitrogens with zero attached hydrogens (tertiary/aromatic N) is 3. The van der Waals surface area contributed by atoms with Gasteiger partial charge in [-0.2, -0.15) is 4.98 Å². The Balaban J connectivity index is 1.54. The van der Waals surface area contributed by atoms with Gasteiger partial charge in [0.1, 0.15) is 11.5 Å². The molecule has 0 bridgehead atoms. The van der Waals surface area contributed by atoms with Crippen LogP contribution in [-0.2, 0) is 4.79 Å². The molecule has 0 saturated carbocycles. The van der Waals surface area contributed by atoms with E-state index in [9.17, 15) is 9.90 Å². The number of aliphatic hydroxyl groups is 1. The monoisotopic (exact) mass is 379 g/mol. The number of nitrogens with one attached hydrogen (secondary N) is 2. The van der Waals surface area contributed by atoms with E-state index >= 15 is 0 Å². The average Bonchev–Trinajstić information content (AvgIpc) is 3.35. The van der Waals surface area contributed by atoms with E-state index in [2.05, 4.69) is 15.1 Å². The number of H-pyrrole nitrogens is 1. The number of allylic oxidation sites excluding steroid dienone is 1. The first kappa shape index (κ1) is 18.0. The van der Waals surface area contributed by atoms with Crippen LogP contribution in [0.3, 0.4) is 0 Å². The molecular weight excluding hydrogens is 358 g/mol. The highest BCUT2D eigenvalue weighted by Gasteiger charge is 2.30. The molecule has 8 nitrogen and oxygen atoms in total. The van der Waals surface area contributed by atoms with Crippen LogP contribution in [0.25, 0.3) is 22.5 Å². The molecular formula is C20H21N5O3. The minimum Gasteiger partial charge on any atom is -0.512 e. The van der Waals surface area contributed by atoms with Crippen molar-refractivity contribution in [2.24, 2.45) is 0 Å². The van der Waals surface area contributed by atoms with Crippen LogP contribution >= 0.6 is 0 Å². The molecule has 0 radical (unpaired) electrons. The van der Waals surface area contributed by atoms with Gasteiger partial charge in [0.2, 0.25) is 0 Å². The topological polar surface area (TPSA) is 119 Å². The molecule has 1 aliphatic heterocycles. The van der Waals surface area contributed by atoms with Crippen LogP contribution in [0.15, 0.2) is 46.2 Å². The zero-order chi connectivity index (χ0) is 19.7. The summed E-state index contributed by atoms with van der Waals surface area (Å²) >= 11 is 0. The van der Waals surface area contributed by atoms with Crippen LogP contribution < -0.4 is 0 Å². The number of carbonyl (C=O) groups is 1. The van der Waals surface area contributed by atoms with E-state index in [1.54, 1.807) is 4.90 Å². The molecule has 1 aliphatic rings. The lowest BCUT2D eigenvalue weighted by Gasteiger charge is -2.31. The fraction of sp³-hybridized carbons (Fsp3) is 0.300. The Bertz CT molecular complexity index is 1030. The van der Waals surface area contributed by atoms with Crippen LogP contribution in [0.2, 0.25) is 0 Å². The number of likely N-dealkylation sites (tertiary alicyclic amines) is 1. The number of piperidine rings is 1. The van der Waals surface area contributed by atoms with Crippen LogP contribution in [0, 0.1) is 5.41 Å². The third kappa shape index (κ3) is 3.28. The molecule has 1 saturated heterocycles. The lowest BCUT2D eigenvalue weighted by molar-refractivity contribution is -0.127. The van der Waals surface area contributed by atoms with Gasteiger partial charge in [0.15, 0.2) is 5.82 Å². The highest BCUT2D eigenvalue weighted by Crippen LogP contribution is 2.29. The molecule has 1 atom stereocenters. The maximum Gasteiger partial charge on any atom is 0.274 e. The van der Waals surface area contributed by atoms with Gasteiger partial charge in [-0.15, -0.1) is 0 Å². The number of fused-ring (bicyclic) bond motifs is 1. The van der Waals surface area contributed by atoms with Crippen LogP contribution in [-0.4, -0.2) is 50.3 Å². The molecule has 144 valence electrons. The number of amides is 1. The maximum atomic E-state index is 12.6. The molecule has 1 aromatic carbocycles. The predicted octanol–water partition coefficient (Wildman–Crippen LogP) is 3.41. The lowest BCUT2D eigenvalue weighted by Crippen LogP contribution is -2.40. The SMILES string of the molecule is C/C(O)=C(/C=N)C(=O)N1CCCC(c2noc(-c3cc4ccccc4[nH]3)n2)C1. The minimum absolute atomic E-state index is 0.00697. The van der Waals surface area contributed by atoms with E-state index in [0.29, 0.717) is 24.8 Å². The Morgan fingerprint density at radius 1 is 1.43 bits per heavy atom. The summed E-state index contributed by atoms with van der Waals surface area (Å²) in [5, 5.41) is 22.2. The molecule has 4 rings (SSSR count). The van der Waals surface area contributed by atoms with Crippen molar-refractivity contribution in [3.8, 4) is 11.6 Å². The second kappa shape index (κ2) is 7.30. The molecule has 1 amide bonds. The third-order valence-corrected chi connectivity index (χ3v) is 5.04. The summed E-state index contributed by atoms with van der Waals surface area (Å²) in [4.78, 5) is 22.0. The highest BCUT2D eigenvalue weighted by molar-refractivity contribution is 6.11. The number of benzene rings is 1. The zero-order valence-corrected chi connectivity index (χ0v) is 15.5. The van der Waals surface area contributed by atoms with Gasteiger partial charge in [-0.3, -0.25) is 4.79 Å². The Kier molecular flexibility index (Phi) is 4.68. The molecule has 2 aromatic heterocycles. The van der Waals surface area contributed by atoms with E-state index in [-0.39, 0.29) is 23.2 Å². The van der Waals surface area contributed by atoms with Crippen molar-refractivity contribution in [3.63, 3.8) is 0 Å². The van der Waals surface area contributed by atoms with Crippen molar-refractivity contribution in [1.29, 1.82) is 5.41 Å². The van der Waals surface area contributed by atoms with Crippen molar-refractivity contribution >= 4 is 23.0 Å². The van der Waals surface area contributed by atoms with E-state index in [1.807, 2.05) is 30.3 Å². The quantitative estimate of drug-likeness (QED) is 0.365. The maximum absolute atomic E-state index is 12.6. The fourth-order valence-electron chi connectivity index (χ4n) is 3.56. The number of hydrogen-bond acceptors (Lipinski definition) is 6. The Morgan fingerprint density at radius 2 is 2.25 bits per heavy atom. The molecule has 1 unspecified atom stereocenters. The van der Waals surface area contributed by atoms with Gasteiger partial charge >= 0.3 is 0 Å². The van der Waals surface area contributed by atoms with Gasteiger partial charge < -0.3 is 24.9 Å². The van der Waals surface area contributed by atoms with Crippen molar-refractivity contribution in [2.75, 3.05) is 13.1 Å². The Morgan fingerprint density at radius 3 is 3.00 bits per heavy atom. The largest absolute Gasteiger partial charge is 0.512 e. The summed E-state index contributed by atoms with van der Waals surface area (Å²) in [6, 6.07) is 9.89. The Labute approximate surface area is 161 Å². The molecule has 3 aromatic rings. The van der Waals surface area contributed by atoms with Gasteiger partial charge in [0.25, 0.3) is 11.8 Å². The van der Waals surface area contributed by atoms with Crippen LogP contribution in [0.5, 0.6) is 0 Å². The van der Waals surface area contributed by atoms with Crippen molar-refractivity contribution in [1.82, 2.24) is 20.0 Å². The number of aliphatic hydroxyl groups excluding tert-OH is 1. The summed E-state index contributed by atoms with van der Waals surface area (Å²) in [5.74, 6) is 0.431. The van der Waals surface area contributed by atoms with E-state index in [0.717, 1.165) is 35.7 Å². The first-order valence-electron chi connectivity index (χ1n) is 9.18. The van der Waals surface area contributed by atoms with E-state index in [1.165, 1.54) is 6.92 Å². The second-order valence-electron chi connectivity index (χ2n) is 6.96. The van der Waals surface area contributed by atoms with Gasteiger partial charge in [-0.25, -0.2) is 0 Å². The van der Waals surface area contributed by atoms with Crippen molar-refractivity contribution in [3.05, 3.63) is 47.5 Å². The number of hydrogen-bond donors (Lipinski definition) is 3. The molecule has 0 spiro atoms. The van der Waals surface area contributed by atoms with Crippen LogP contribution in [0.1, 0.15) is 31.5 Å². The van der Waals surface area contributed by atoms with Gasteiger partial charge in [-0.1, -0.05) is 23.4 Å². The number of aromatic nitrogens is 3. The lowest BCUT2D eigenvalue weighted by atomic mass is 9.96. The van der Waals surface area contributed by atoms with E-state index < -0.39 is 0 Å². The third-order valence-electron chi connectivity index (χ3n) is 5.04. The smallest absolute Gasteiger partial charge is 0.274 e. The zero-order valence-electron chi connectivity index (χ0n) is 15.5. The average molecular weight is 379 g/mol. The summed E-state index contributed by atoms with van der Waals surface area (Å²) < 4.78 is 5.45. The predicted molar refractivity (Wildman–Crippen MR) is 104 cm³/mol. The molecule has 1 fully saturated rings. The first-order valence-corrected chi connectivity index (χ1v) is 9.18. The minimum atomic E-state index is -0.348. The van der Waals surface area contributed by atoms with Crippen LogP contribution in [0.4, 0.5) is 0 Å². The second-order valence-corrected chi connectivity index (χ2v) is 6.96. The van der Waals surface area contributed by atoms with Gasteiger partial charge in [-0.05, 0) is 31.9 Å². The summed E-state index contributed by atoms with van der Waals surface area (Å²) in [7, 11) is 0. The summed E-state index contributed by atoms with van der Waals surface area (Å²) in [6.07, 6.45) is 2.53. The van der Waals surface area contributed by atoms with Crippen molar-refractivity contribution < 1.29 is 14.4 Å². The van der Waals surface area contributed by atoms with Gasteiger partial charge in [0, 0.05) is 36.1 Å². The molecule has 3 heterocycles. The number of aromatic amines is 1.